The SMILES string of the molecule is CCOC(=O)C1NCCC1CCC=CP(=O)(OCC)OCC. The highest BCUT2D eigenvalue weighted by molar-refractivity contribution is 7.57. The Bertz CT molecular complexity index is 403. The van der Waals surface area contributed by atoms with Crippen molar-refractivity contribution in [2.75, 3.05) is 26.4 Å². The molecule has 1 saturated heterocycles. The third-order valence-corrected chi connectivity index (χ3v) is 5.31. The van der Waals surface area contributed by atoms with Crippen LogP contribution < -0.4 is 5.32 Å². The van der Waals surface area contributed by atoms with Gasteiger partial charge in [-0.25, -0.2) is 0 Å². The second-order valence-electron chi connectivity index (χ2n) is 5.07. The Morgan fingerprint density at radius 3 is 2.50 bits per heavy atom. The molecular weight excluding hydrogens is 305 g/mol. The van der Waals surface area contributed by atoms with E-state index in [0.717, 1.165) is 25.8 Å². The summed E-state index contributed by atoms with van der Waals surface area (Å²) in [6.07, 6.45) is 4.34. The summed E-state index contributed by atoms with van der Waals surface area (Å²) in [5.41, 5.74) is 0. The quantitative estimate of drug-likeness (QED) is 0.489. The molecule has 1 rings (SSSR count). The third-order valence-electron chi connectivity index (χ3n) is 3.50. The van der Waals surface area contributed by atoms with Gasteiger partial charge in [-0.15, -0.1) is 0 Å². The minimum atomic E-state index is -3.11. The summed E-state index contributed by atoms with van der Waals surface area (Å²) in [6, 6.07) is -0.223. The molecule has 0 aromatic carbocycles. The highest BCUT2D eigenvalue weighted by Crippen LogP contribution is 2.49. The number of hydrogen-bond donors (Lipinski definition) is 1. The summed E-state index contributed by atoms with van der Waals surface area (Å²) >= 11 is 0. The van der Waals surface area contributed by atoms with Crippen LogP contribution in [0.3, 0.4) is 0 Å². The van der Waals surface area contributed by atoms with Crippen molar-refractivity contribution in [2.45, 2.75) is 46.1 Å². The molecule has 1 heterocycles. The number of esters is 1. The standard InChI is InChI=1S/C15H28NO5P/c1-4-19-15(17)14-13(10-11-16-14)9-7-8-12-22(18,20-5-2)21-6-3/h8,12-14,16H,4-7,9-11H2,1-3H3. The zero-order valence-corrected chi connectivity index (χ0v) is 14.6. The molecular formula is C15H28NO5P. The van der Waals surface area contributed by atoms with Gasteiger partial charge in [0.05, 0.1) is 19.8 Å². The highest BCUT2D eigenvalue weighted by Gasteiger charge is 2.33. The van der Waals surface area contributed by atoms with Gasteiger partial charge in [0, 0.05) is 5.82 Å². The van der Waals surface area contributed by atoms with Gasteiger partial charge in [-0.1, -0.05) is 6.08 Å². The average Bonchev–Trinajstić information content (AvgIpc) is 2.93. The first-order valence-electron chi connectivity index (χ1n) is 8.02. The predicted molar refractivity (Wildman–Crippen MR) is 85.8 cm³/mol. The second-order valence-corrected chi connectivity index (χ2v) is 6.96. The Morgan fingerprint density at radius 1 is 1.23 bits per heavy atom. The Labute approximate surface area is 133 Å². The van der Waals surface area contributed by atoms with Crippen molar-refractivity contribution in [1.82, 2.24) is 5.32 Å². The first kappa shape index (κ1) is 19.4. The fourth-order valence-corrected chi connectivity index (χ4v) is 3.95. The fraction of sp³-hybridized carbons (Fsp3) is 0.800. The van der Waals surface area contributed by atoms with Crippen LogP contribution in [0.15, 0.2) is 11.9 Å². The molecule has 0 saturated carbocycles. The first-order chi connectivity index (χ1) is 10.6. The molecule has 1 aliphatic rings. The molecule has 1 N–H and O–H groups in total. The topological polar surface area (TPSA) is 73.9 Å². The summed E-state index contributed by atoms with van der Waals surface area (Å²) in [5.74, 6) is 1.60. The smallest absolute Gasteiger partial charge is 0.353 e. The largest absolute Gasteiger partial charge is 0.465 e. The van der Waals surface area contributed by atoms with Crippen molar-refractivity contribution in [2.24, 2.45) is 5.92 Å². The number of ether oxygens (including phenoxy) is 1. The van der Waals surface area contributed by atoms with E-state index < -0.39 is 7.60 Å². The van der Waals surface area contributed by atoms with Crippen LogP contribution >= 0.6 is 7.60 Å². The molecule has 1 aliphatic heterocycles. The predicted octanol–water partition coefficient (Wildman–Crippen LogP) is 3.09. The van der Waals surface area contributed by atoms with E-state index in [4.69, 9.17) is 13.8 Å². The normalized spacial score (nSPS) is 22.3. The van der Waals surface area contributed by atoms with Gasteiger partial charge in [0.1, 0.15) is 6.04 Å². The number of carbonyl (C=O) groups is 1. The Balaban J connectivity index is 2.46. The van der Waals surface area contributed by atoms with Gasteiger partial charge >= 0.3 is 13.6 Å². The Morgan fingerprint density at radius 2 is 1.91 bits per heavy atom. The first-order valence-corrected chi connectivity index (χ1v) is 9.64. The minimum Gasteiger partial charge on any atom is -0.465 e. The van der Waals surface area contributed by atoms with Crippen molar-refractivity contribution in [3.05, 3.63) is 11.9 Å². The summed E-state index contributed by atoms with van der Waals surface area (Å²) in [6.45, 7) is 7.30. The molecule has 1 fully saturated rings. The molecule has 2 atom stereocenters. The van der Waals surface area contributed by atoms with Gasteiger partial charge in [0.2, 0.25) is 0 Å². The van der Waals surface area contributed by atoms with Crippen molar-refractivity contribution in [3.63, 3.8) is 0 Å². The molecule has 2 unspecified atom stereocenters. The lowest BCUT2D eigenvalue weighted by Crippen LogP contribution is -2.37. The van der Waals surface area contributed by atoms with E-state index in [0.29, 0.717) is 19.8 Å². The highest BCUT2D eigenvalue weighted by atomic mass is 31.2. The maximum absolute atomic E-state index is 12.2. The number of carbonyl (C=O) groups excluding carboxylic acids is 1. The fourth-order valence-electron chi connectivity index (χ4n) is 2.57. The third kappa shape index (κ3) is 6.21. The molecule has 7 heteroatoms. The van der Waals surface area contributed by atoms with Crippen molar-refractivity contribution < 1.29 is 23.1 Å². The summed E-state index contributed by atoms with van der Waals surface area (Å²) < 4.78 is 27.7. The Kier molecular flexibility index (Phi) is 8.95. The minimum absolute atomic E-state index is 0.178. The maximum Gasteiger partial charge on any atom is 0.353 e. The van der Waals surface area contributed by atoms with E-state index in [-0.39, 0.29) is 17.9 Å². The van der Waals surface area contributed by atoms with Crippen molar-refractivity contribution in [1.29, 1.82) is 0 Å². The molecule has 0 amide bonds. The number of rotatable bonds is 10. The van der Waals surface area contributed by atoms with Gasteiger partial charge in [-0.05, 0) is 52.5 Å². The van der Waals surface area contributed by atoms with Crippen LogP contribution in [-0.4, -0.2) is 38.4 Å². The van der Waals surface area contributed by atoms with Gasteiger partial charge in [0.25, 0.3) is 0 Å². The van der Waals surface area contributed by atoms with Crippen LogP contribution in [0.2, 0.25) is 0 Å². The van der Waals surface area contributed by atoms with Gasteiger partial charge < -0.3 is 19.1 Å². The average molecular weight is 333 g/mol. The zero-order valence-electron chi connectivity index (χ0n) is 13.7. The van der Waals surface area contributed by atoms with E-state index in [2.05, 4.69) is 5.32 Å². The van der Waals surface area contributed by atoms with Crippen LogP contribution in [-0.2, 0) is 23.1 Å². The monoisotopic (exact) mass is 333 g/mol. The van der Waals surface area contributed by atoms with E-state index in [9.17, 15) is 9.36 Å². The zero-order chi connectivity index (χ0) is 16.4. The molecule has 0 aromatic heterocycles. The van der Waals surface area contributed by atoms with E-state index >= 15 is 0 Å². The molecule has 6 nitrogen and oxygen atoms in total. The summed E-state index contributed by atoms with van der Waals surface area (Å²) in [5, 5.41) is 3.19. The lowest BCUT2D eigenvalue weighted by atomic mass is 9.95. The van der Waals surface area contributed by atoms with Crippen LogP contribution in [0.5, 0.6) is 0 Å². The molecule has 0 bridgehead atoms. The molecule has 0 aliphatic carbocycles. The number of allylic oxidation sites excluding steroid dienone is 1. The van der Waals surface area contributed by atoms with E-state index in [1.54, 1.807) is 13.8 Å². The number of nitrogens with one attached hydrogen (secondary N) is 1. The maximum atomic E-state index is 12.2. The van der Waals surface area contributed by atoms with Gasteiger partial charge in [0.15, 0.2) is 0 Å². The van der Waals surface area contributed by atoms with Crippen LogP contribution in [0.1, 0.15) is 40.0 Å². The molecule has 22 heavy (non-hydrogen) atoms. The molecule has 0 aromatic rings. The van der Waals surface area contributed by atoms with Crippen LogP contribution in [0.25, 0.3) is 0 Å². The molecule has 0 radical (unpaired) electrons. The van der Waals surface area contributed by atoms with Crippen molar-refractivity contribution >= 4 is 13.6 Å². The van der Waals surface area contributed by atoms with Gasteiger partial charge in [-0.2, -0.15) is 0 Å². The molecule has 0 spiro atoms. The summed E-state index contributed by atoms with van der Waals surface area (Å²) in [4.78, 5) is 11.8. The lowest BCUT2D eigenvalue weighted by Gasteiger charge is -2.17. The second kappa shape index (κ2) is 10.2. The van der Waals surface area contributed by atoms with Crippen molar-refractivity contribution in [3.8, 4) is 0 Å². The molecule has 128 valence electrons. The summed E-state index contributed by atoms with van der Waals surface area (Å²) in [7, 11) is -3.11. The van der Waals surface area contributed by atoms with Crippen LogP contribution in [0.4, 0.5) is 0 Å². The number of hydrogen-bond acceptors (Lipinski definition) is 6. The Hall–Kier alpha value is -0.680. The van der Waals surface area contributed by atoms with Crippen LogP contribution in [0, 0.1) is 5.92 Å². The van der Waals surface area contributed by atoms with E-state index in [1.165, 1.54) is 5.82 Å². The lowest BCUT2D eigenvalue weighted by molar-refractivity contribution is -0.146. The van der Waals surface area contributed by atoms with E-state index in [1.807, 2.05) is 13.0 Å². The van der Waals surface area contributed by atoms with Gasteiger partial charge in [-0.3, -0.25) is 9.36 Å².